The van der Waals surface area contributed by atoms with Gasteiger partial charge in [-0.1, -0.05) is 6.07 Å². The number of benzene rings is 1. The first-order valence-electron chi connectivity index (χ1n) is 5.13. The van der Waals surface area contributed by atoms with Crippen LogP contribution in [0.15, 0.2) is 24.3 Å². The molecule has 96 valence electrons. The van der Waals surface area contributed by atoms with Crippen molar-refractivity contribution in [3.8, 4) is 5.69 Å². The van der Waals surface area contributed by atoms with E-state index < -0.39 is 11.7 Å². The van der Waals surface area contributed by atoms with E-state index in [0.29, 0.717) is 17.1 Å². The van der Waals surface area contributed by atoms with Gasteiger partial charge < -0.3 is 0 Å². The van der Waals surface area contributed by atoms with Gasteiger partial charge in [-0.3, -0.25) is 0 Å². The van der Waals surface area contributed by atoms with Gasteiger partial charge in [-0.15, -0.1) is 0 Å². The summed E-state index contributed by atoms with van der Waals surface area (Å²) in [6.07, 6.45) is -4.37. The monoisotopic (exact) mass is 273 g/mol. The molecule has 0 N–H and O–H groups in total. The molecule has 18 heavy (non-hydrogen) atoms. The highest BCUT2D eigenvalue weighted by molar-refractivity contribution is 7.79. The van der Waals surface area contributed by atoms with Crippen LogP contribution in [0.4, 0.5) is 13.2 Å². The molecule has 0 spiro atoms. The third kappa shape index (κ3) is 2.50. The molecule has 2 aromatic rings. The second kappa shape index (κ2) is 4.64. The lowest BCUT2D eigenvalue weighted by molar-refractivity contribution is -0.137. The molecule has 0 bridgehead atoms. The molecule has 0 radical (unpaired) electrons. The first-order chi connectivity index (χ1) is 8.41. The van der Waals surface area contributed by atoms with Crippen LogP contribution < -0.4 is 0 Å². The maximum atomic E-state index is 12.6. The number of thiol groups is 1. The predicted molar refractivity (Wildman–Crippen MR) is 63.8 cm³/mol. The highest BCUT2D eigenvalue weighted by Crippen LogP contribution is 2.30. The third-order valence-electron chi connectivity index (χ3n) is 2.43. The molecule has 0 fully saturated rings. The summed E-state index contributed by atoms with van der Waals surface area (Å²) in [5.74, 6) is 0.394. The lowest BCUT2D eigenvalue weighted by Crippen LogP contribution is -2.07. The highest BCUT2D eigenvalue weighted by atomic mass is 32.1. The molecular weight excluding hydrogens is 263 g/mol. The Morgan fingerprint density at radius 3 is 2.56 bits per heavy atom. The number of hydrogen-bond donors (Lipinski definition) is 1. The Bertz CT molecular complexity index is 563. The molecular formula is C11H10F3N3S. The minimum absolute atomic E-state index is 0.279. The van der Waals surface area contributed by atoms with Crippen LogP contribution in [0.5, 0.6) is 0 Å². The second-order valence-corrected chi connectivity index (χ2v) is 4.04. The fraction of sp³-hybridized carbons (Fsp3) is 0.273. The lowest BCUT2D eigenvalue weighted by atomic mass is 10.2. The first kappa shape index (κ1) is 12.9. The Morgan fingerprint density at radius 1 is 1.28 bits per heavy atom. The van der Waals surface area contributed by atoms with Gasteiger partial charge in [-0.25, -0.2) is 0 Å². The number of hydrogen-bond acceptors (Lipinski definition) is 3. The summed E-state index contributed by atoms with van der Waals surface area (Å²) in [4.78, 5) is 1.19. The van der Waals surface area contributed by atoms with Gasteiger partial charge in [0.1, 0.15) is 0 Å². The van der Waals surface area contributed by atoms with Crippen LogP contribution in [0.1, 0.15) is 17.0 Å². The molecule has 0 atom stereocenters. The van der Waals surface area contributed by atoms with E-state index in [4.69, 9.17) is 0 Å². The van der Waals surface area contributed by atoms with Crippen LogP contribution >= 0.6 is 12.6 Å². The predicted octanol–water partition coefficient (Wildman–Crippen LogP) is 3.02. The van der Waals surface area contributed by atoms with Crippen molar-refractivity contribution in [2.45, 2.75) is 18.9 Å². The SMILES string of the molecule is Cc1nn(-c2cccc(C(F)(F)F)c2)nc1CS. The van der Waals surface area contributed by atoms with E-state index >= 15 is 0 Å². The molecule has 0 aliphatic rings. The molecule has 0 amide bonds. The standard InChI is InChI=1S/C11H10F3N3S/c1-7-10(6-18)16-17(15-7)9-4-2-3-8(5-9)11(12,13)14/h2-5,18H,6H2,1H3. The maximum absolute atomic E-state index is 12.6. The lowest BCUT2D eigenvalue weighted by Gasteiger charge is -2.07. The maximum Gasteiger partial charge on any atom is 0.416 e. The number of aryl methyl sites for hydroxylation is 1. The van der Waals surface area contributed by atoms with E-state index in [1.165, 1.54) is 16.9 Å². The van der Waals surface area contributed by atoms with Crippen molar-refractivity contribution in [2.24, 2.45) is 0 Å². The zero-order chi connectivity index (χ0) is 13.3. The van der Waals surface area contributed by atoms with E-state index in [9.17, 15) is 13.2 Å². The van der Waals surface area contributed by atoms with Crippen molar-refractivity contribution in [2.75, 3.05) is 0 Å². The summed E-state index contributed by atoms with van der Waals surface area (Å²) >= 11 is 4.08. The smallest absolute Gasteiger partial charge is 0.173 e. The Morgan fingerprint density at radius 2 is 2.00 bits per heavy atom. The van der Waals surface area contributed by atoms with Gasteiger partial charge in [0.25, 0.3) is 0 Å². The van der Waals surface area contributed by atoms with E-state index in [2.05, 4.69) is 22.8 Å². The number of rotatable bonds is 2. The van der Waals surface area contributed by atoms with E-state index in [1.807, 2.05) is 0 Å². The molecule has 0 unspecified atom stereocenters. The minimum atomic E-state index is -4.37. The van der Waals surface area contributed by atoms with Gasteiger partial charge in [0.15, 0.2) is 0 Å². The van der Waals surface area contributed by atoms with E-state index in [1.54, 1.807) is 6.92 Å². The van der Waals surface area contributed by atoms with Crippen molar-refractivity contribution < 1.29 is 13.2 Å². The normalized spacial score (nSPS) is 11.8. The van der Waals surface area contributed by atoms with Crippen molar-refractivity contribution in [3.63, 3.8) is 0 Å². The molecule has 1 heterocycles. The molecule has 0 aliphatic carbocycles. The topological polar surface area (TPSA) is 30.7 Å². The number of aromatic nitrogens is 3. The summed E-state index contributed by atoms with van der Waals surface area (Å²) in [6.45, 7) is 1.74. The molecule has 0 saturated heterocycles. The molecule has 7 heteroatoms. The molecule has 0 saturated carbocycles. The number of halogens is 3. The van der Waals surface area contributed by atoms with Crippen LogP contribution in [0.2, 0.25) is 0 Å². The zero-order valence-corrected chi connectivity index (χ0v) is 10.3. The van der Waals surface area contributed by atoms with Gasteiger partial charge in [-0.2, -0.15) is 40.8 Å². The highest BCUT2D eigenvalue weighted by Gasteiger charge is 2.30. The Labute approximate surface area is 107 Å². The van der Waals surface area contributed by atoms with Crippen molar-refractivity contribution in [3.05, 3.63) is 41.2 Å². The van der Waals surface area contributed by atoms with E-state index in [0.717, 1.165) is 12.1 Å². The fourth-order valence-electron chi connectivity index (χ4n) is 1.48. The fourth-order valence-corrected chi connectivity index (χ4v) is 1.77. The molecule has 1 aromatic heterocycles. The van der Waals surface area contributed by atoms with Gasteiger partial charge in [0.2, 0.25) is 0 Å². The van der Waals surface area contributed by atoms with Crippen LogP contribution in [0.3, 0.4) is 0 Å². The van der Waals surface area contributed by atoms with Crippen molar-refractivity contribution >= 4 is 12.6 Å². The molecule has 1 aromatic carbocycles. The molecule has 3 nitrogen and oxygen atoms in total. The van der Waals surface area contributed by atoms with Gasteiger partial charge >= 0.3 is 6.18 Å². The van der Waals surface area contributed by atoms with Gasteiger partial charge in [0, 0.05) is 5.75 Å². The average Bonchev–Trinajstić information content (AvgIpc) is 2.70. The minimum Gasteiger partial charge on any atom is -0.173 e. The largest absolute Gasteiger partial charge is 0.416 e. The van der Waals surface area contributed by atoms with E-state index in [-0.39, 0.29) is 5.69 Å². The summed E-state index contributed by atoms with van der Waals surface area (Å²) in [6, 6.07) is 4.88. The molecule has 2 rings (SSSR count). The Hall–Kier alpha value is -1.50. The van der Waals surface area contributed by atoms with Crippen molar-refractivity contribution in [1.82, 2.24) is 15.0 Å². The van der Waals surface area contributed by atoms with Gasteiger partial charge in [0.05, 0.1) is 22.6 Å². The summed E-state index contributed by atoms with van der Waals surface area (Å²) in [5.41, 5.74) is 0.862. The Balaban J connectivity index is 2.44. The number of alkyl halides is 3. The summed E-state index contributed by atoms with van der Waals surface area (Å²) < 4.78 is 37.7. The summed E-state index contributed by atoms with van der Waals surface area (Å²) in [7, 11) is 0. The second-order valence-electron chi connectivity index (χ2n) is 3.73. The third-order valence-corrected chi connectivity index (χ3v) is 2.73. The quantitative estimate of drug-likeness (QED) is 0.853. The van der Waals surface area contributed by atoms with Gasteiger partial charge in [-0.05, 0) is 25.1 Å². The van der Waals surface area contributed by atoms with Crippen LogP contribution in [-0.2, 0) is 11.9 Å². The van der Waals surface area contributed by atoms with Crippen LogP contribution in [0.25, 0.3) is 5.69 Å². The summed E-state index contributed by atoms with van der Waals surface area (Å²) in [5, 5.41) is 8.15. The van der Waals surface area contributed by atoms with Crippen LogP contribution in [-0.4, -0.2) is 15.0 Å². The Kier molecular flexibility index (Phi) is 3.34. The van der Waals surface area contributed by atoms with Crippen LogP contribution in [0, 0.1) is 6.92 Å². The number of nitrogens with zero attached hydrogens (tertiary/aromatic N) is 3. The first-order valence-corrected chi connectivity index (χ1v) is 5.76. The van der Waals surface area contributed by atoms with Crippen molar-refractivity contribution in [1.29, 1.82) is 0 Å². The zero-order valence-electron chi connectivity index (χ0n) is 9.44. The average molecular weight is 273 g/mol. The molecule has 0 aliphatic heterocycles.